The van der Waals surface area contributed by atoms with E-state index in [0.29, 0.717) is 25.1 Å². The molecule has 0 fully saturated rings. The molecule has 0 saturated carbocycles. The zero-order valence-electron chi connectivity index (χ0n) is 16.8. The first-order chi connectivity index (χ1) is 14.2. The smallest absolute Gasteiger partial charge is 0.334 e. The van der Waals surface area contributed by atoms with Gasteiger partial charge in [-0.1, -0.05) is 97.6 Å². The average Bonchev–Trinajstić information content (AvgIpc) is 2.78. The first-order valence-corrected chi connectivity index (χ1v) is 9.80. The molecule has 0 N–H and O–H groups in total. The Kier molecular flexibility index (Phi) is 7.37. The van der Waals surface area contributed by atoms with Gasteiger partial charge >= 0.3 is 5.97 Å². The van der Waals surface area contributed by atoms with Gasteiger partial charge < -0.3 is 4.74 Å². The van der Waals surface area contributed by atoms with Gasteiger partial charge in [0.25, 0.3) is 0 Å². The van der Waals surface area contributed by atoms with Crippen molar-refractivity contribution < 1.29 is 9.53 Å². The van der Waals surface area contributed by atoms with Crippen LogP contribution in [-0.4, -0.2) is 24.0 Å². The molecule has 0 unspecified atom stereocenters. The van der Waals surface area contributed by atoms with Crippen molar-refractivity contribution in [3.05, 3.63) is 120 Å². The summed E-state index contributed by atoms with van der Waals surface area (Å²) in [7, 11) is 1.41. The third kappa shape index (κ3) is 5.90. The predicted molar refractivity (Wildman–Crippen MR) is 117 cm³/mol. The monoisotopic (exact) mass is 385 g/mol. The highest BCUT2D eigenvalue weighted by molar-refractivity contribution is 5.89. The summed E-state index contributed by atoms with van der Waals surface area (Å²) in [5.74, 6) is -0.364. The molecule has 3 nitrogen and oxygen atoms in total. The van der Waals surface area contributed by atoms with Crippen LogP contribution in [0.15, 0.2) is 103 Å². The maximum Gasteiger partial charge on any atom is 0.334 e. The van der Waals surface area contributed by atoms with Gasteiger partial charge in [-0.3, -0.25) is 4.90 Å². The van der Waals surface area contributed by atoms with Gasteiger partial charge in [0.2, 0.25) is 0 Å². The van der Waals surface area contributed by atoms with Crippen molar-refractivity contribution in [2.45, 2.75) is 25.6 Å². The van der Waals surface area contributed by atoms with E-state index in [0.717, 1.165) is 5.56 Å². The van der Waals surface area contributed by atoms with Crippen molar-refractivity contribution in [1.82, 2.24) is 4.90 Å². The summed E-state index contributed by atoms with van der Waals surface area (Å²) < 4.78 is 5.02. The molecule has 0 bridgehead atoms. The Bertz CT molecular complexity index is 866. The normalized spacial score (nSPS) is 11.8. The molecular formula is C26H27NO2. The van der Waals surface area contributed by atoms with Gasteiger partial charge in [-0.2, -0.15) is 0 Å². The summed E-state index contributed by atoms with van der Waals surface area (Å²) in [6.07, 6.45) is 0.689. The van der Waals surface area contributed by atoms with Crippen LogP contribution in [0.5, 0.6) is 0 Å². The molecule has 1 atom stereocenters. The molecule has 0 aliphatic carbocycles. The molecule has 0 amide bonds. The zero-order chi connectivity index (χ0) is 20.5. The van der Waals surface area contributed by atoms with Crippen LogP contribution in [0.2, 0.25) is 0 Å². The summed E-state index contributed by atoms with van der Waals surface area (Å²) in [6, 6.07) is 30.7. The summed E-state index contributed by atoms with van der Waals surface area (Å²) in [5.41, 5.74) is 4.02. The third-order valence-corrected chi connectivity index (χ3v) is 5.02. The number of methoxy groups -OCH3 is 1. The topological polar surface area (TPSA) is 29.5 Å². The van der Waals surface area contributed by atoms with Crippen LogP contribution in [0.25, 0.3) is 0 Å². The molecule has 3 rings (SSSR count). The van der Waals surface area contributed by atoms with Gasteiger partial charge in [-0.05, 0) is 23.1 Å². The maximum absolute atomic E-state index is 12.4. The average molecular weight is 386 g/mol. The minimum atomic E-state index is -0.364. The number of esters is 1. The Morgan fingerprint density at radius 3 is 1.62 bits per heavy atom. The Morgan fingerprint density at radius 1 is 0.793 bits per heavy atom. The van der Waals surface area contributed by atoms with Crippen molar-refractivity contribution in [2.24, 2.45) is 0 Å². The quantitative estimate of drug-likeness (QED) is 0.382. The maximum atomic E-state index is 12.4. The van der Waals surface area contributed by atoms with Gasteiger partial charge in [0.05, 0.1) is 7.11 Å². The lowest BCUT2D eigenvalue weighted by atomic mass is 9.96. The van der Waals surface area contributed by atoms with E-state index in [1.807, 2.05) is 54.6 Å². The number of hydrogen-bond acceptors (Lipinski definition) is 3. The molecule has 0 saturated heterocycles. The largest absolute Gasteiger partial charge is 0.466 e. The molecule has 0 aliphatic rings. The lowest BCUT2D eigenvalue weighted by molar-refractivity contribution is -0.137. The van der Waals surface area contributed by atoms with Gasteiger partial charge in [0.15, 0.2) is 0 Å². The van der Waals surface area contributed by atoms with E-state index in [2.05, 4.69) is 47.9 Å². The van der Waals surface area contributed by atoms with Crippen LogP contribution in [0.4, 0.5) is 0 Å². The fourth-order valence-electron chi connectivity index (χ4n) is 3.49. The summed E-state index contributed by atoms with van der Waals surface area (Å²) in [4.78, 5) is 14.7. The van der Waals surface area contributed by atoms with Crippen LogP contribution in [-0.2, 0) is 29.0 Å². The van der Waals surface area contributed by atoms with Gasteiger partial charge in [0.1, 0.15) is 0 Å². The molecular weight excluding hydrogens is 358 g/mol. The van der Waals surface area contributed by atoms with E-state index in [1.165, 1.54) is 18.2 Å². The number of benzene rings is 3. The van der Waals surface area contributed by atoms with E-state index in [-0.39, 0.29) is 12.0 Å². The molecule has 148 valence electrons. The number of carbonyl (C=O) groups is 1. The van der Waals surface area contributed by atoms with Gasteiger partial charge in [0, 0.05) is 24.7 Å². The van der Waals surface area contributed by atoms with E-state index < -0.39 is 0 Å². The van der Waals surface area contributed by atoms with Crippen LogP contribution in [0.1, 0.15) is 16.7 Å². The van der Waals surface area contributed by atoms with E-state index in [4.69, 9.17) is 4.74 Å². The molecule has 0 aromatic heterocycles. The van der Waals surface area contributed by atoms with Gasteiger partial charge in [-0.15, -0.1) is 0 Å². The second-order valence-corrected chi connectivity index (χ2v) is 7.10. The first-order valence-electron chi connectivity index (χ1n) is 9.80. The van der Waals surface area contributed by atoms with Crippen LogP contribution in [0.3, 0.4) is 0 Å². The van der Waals surface area contributed by atoms with E-state index in [1.54, 1.807) is 0 Å². The van der Waals surface area contributed by atoms with Crippen molar-refractivity contribution in [3.8, 4) is 0 Å². The molecule has 3 heteroatoms. The minimum absolute atomic E-state index is 0.176. The molecule has 0 heterocycles. The molecule has 0 aliphatic heterocycles. The second kappa shape index (κ2) is 10.4. The van der Waals surface area contributed by atoms with Crippen molar-refractivity contribution in [1.29, 1.82) is 0 Å². The first kappa shape index (κ1) is 20.6. The highest BCUT2D eigenvalue weighted by atomic mass is 16.5. The van der Waals surface area contributed by atoms with E-state index >= 15 is 0 Å². The Labute approximate surface area is 173 Å². The highest BCUT2D eigenvalue weighted by Crippen LogP contribution is 2.22. The van der Waals surface area contributed by atoms with Crippen LogP contribution < -0.4 is 0 Å². The Morgan fingerprint density at radius 2 is 1.21 bits per heavy atom. The Balaban J connectivity index is 1.95. The summed E-state index contributed by atoms with van der Waals surface area (Å²) in [6.45, 7) is 5.53. The SMILES string of the molecule is C=C(C(=O)OC)[C@H](Cc1ccccc1)N(Cc1ccccc1)Cc1ccccc1. The standard InChI is InChI=1S/C26H27NO2/c1-21(26(28)29-2)25(18-22-12-6-3-7-13-22)27(19-23-14-8-4-9-15-23)20-24-16-10-5-11-17-24/h3-17,25H,1,18-20H2,2H3/t25-/m0/s1. The van der Waals surface area contributed by atoms with Crippen LogP contribution in [0, 0.1) is 0 Å². The number of carbonyl (C=O) groups excluding carboxylic acids is 1. The molecule has 3 aromatic carbocycles. The highest BCUT2D eigenvalue weighted by Gasteiger charge is 2.27. The number of nitrogens with zero attached hydrogens (tertiary/aromatic N) is 1. The van der Waals surface area contributed by atoms with Crippen LogP contribution >= 0.6 is 0 Å². The van der Waals surface area contributed by atoms with Crippen molar-refractivity contribution >= 4 is 5.97 Å². The van der Waals surface area contributed by atoms with Crippen molar-refractivity contribution in [2.75, 3.05) is 7.11 Å². The Hall–Kier alpha value is -3.17. The zero-order valence-corrected chi connectivity index (χ0v) is 16.8. The number of rotatable bonds is 9. The number of hydrogen-bond donors (Lipinski definition) is 0. The molecule has 3 aromatic rings. The predicted octanol–water partition coefficient (Wildman–Crippen LogP) is 5.03. The summed E-state index contributed by atoms with van der Waals surface area (Å²) in [5, 5.41) is 0. The lowest BCUT2D eigenvalue weighted by Crippen LogP contribution is -2.39. The van der Waals surface area contributed by atoms with E-state index in [9.17, 15) is 4.79 Å². The molecule has 29 heavy (non-hydrogen) atoms. The third-order valence-electron chi connectivity index (χ3n) is 5.02. The number of ether oxygens (including phenoxy) is 1. The minimum Gasteiger partial charge on any atom is -0.466 e. The fourth-order valence-corrected chi connectivity index (χ4v) is 3.49. The second-order valence-electron chi connectivity index (χ2n) is 7.10. The van der Waals surface area contributed by atoms with Gasteiger partial charge in [-0.25, -0.2) is 4.79 Å². The summed E-state index contributed by atoms with van der Waals surface area (Å²) >= 11 is 0. The molecule has 0 spiro atoms. The lowest BCUT2D eigenvalue weighted by Gasteiger charge is -2.33. The fraction of sp³-hybridized carbons (Fsp3) is 0.192. The molecule has 0 radical (unpaired) electrons. The van der Waals surface area contributed by atoms with Crippen molar-refractivity contribution in [3.63, 3.8) is 0 Å².